The number of thiophene rings is 1. The number of rotatable bonds is 4. The highest BCUT2D eigenvalue weighted by Crippen LogP contribution is 2.30. The van der Waals surface area contributed by atoms with Gasteiger partial charge >= 0.3 is 5.97 Å². The molecule has 0 amide bonds. The monoisotopic (exact) mass is 266 g/mol. The molecule has 1 aromatic carbocycles. The Bertz CT molecular complexity index is 534. The van der Waals surface area contributed by atoms with Crippen LogP contribution < -0.4 is 0 Å². The molecule has 5 heteroatoms. The standard InChI is InChI=1S/C12H10O3S2/c13-12(14)9-5-11(17-7-9)10-4-2-1-3-8(10)6-15-16/h1-5,7,16H,6H2,(H,13,14). The molecule has 0 saturated heterocycles. The molecular formula is C12H10O3S2. The molecule has 0 fully saturated rings. The van der Waals surface area contributed by atoms with Crippen LogP contribution in [0, 0.1) is 0 Å². The normalized spacial score (nSPS) is 10.4. The summed E-state index contributed by atoms with van der Waals surface area (Å²) in [4.78, 5) is 11.7. The third kappa shape index (κ3) is 2.69. The highest BCUT2D eigenvalue weighted by atomic mass is 32.1. The maximum atomic E-state index is 10.8. The van der Waals surface area contributed by atoms with Gasteiger partial charge in [0, 0.05) is 10.3 Å². The molecule has 0 aliphatic carbocycles. The maximum absolute atomic E-state index is 10.8. The van der Waals surface area contributed by atoms with Crippen molar-refractivity contribution in [3.05, 3.63) is 46.8 Å². The number of aromatic carboxylic acids is 1. The van der Waals surface area contributed by atoms with Gasteiger partial charge in [-0.15, -0.1) is 11.3 Å². The van der Waals surface area contributed by atoms with Crippen LogP contribution in [0.2, 0.25) is 0 Å². The van der Waals surface area contributed by atoms with Gasteiger partial charge in [0.2, 0.25) is 0 Å². The van der Waals surface area contributed by atoms with Crippen LogP contribution in [0.15, 0.2) is 35.7 Å². The number of carboxylic acids is 1. The van der Waals surface area contributed by atoms with E-state index >= 15 is 0 Å². The summed E-state index contributed by atoms with van der Waals surface area (Å²) < 4.78 is 4.83. The van der Waals surface area contributed by atoms with Crippen molar-refractivity contribution in [3.8, 4) is 10.4 Å². The minimum absolute atomic E-state index is 0.312. The highest BCUT2D eigenvalue weighted by molar-refractivity contribution is 7.75. The predicted molar refractivity (Wildman–Crippen MR) is 70.5 cm³/mol. The van der Waals surface area contributed by atoms with Crippen LogP contribution >= 0.6 is 24.2 Å². The van der Waals surface area contributed by atoms with Crippen LogP contribution in [0.5, 0.6) is 0 Å². The van der Waals surface area contributed by atoms with Gasteiger partial charge in [0.1, 0.15) is 0 Å². The molecule has 17 heavy (non-hydrogen) atoms. The van der Waals surface area contributed by atoms with Gasteiger partial charge in [-0.2, -0.15) is 0 Å². The van der Waals surface area contributed by atoms with Crippen molar-refractivity contribution in [1.29, 1.82) is 0 Å². The molecule has 1 heterocycles. The fourth-order valence-corrected chi connectivity index (χ4v) is 2.63. The number of benzene rings is 1. The zero-order chi connectivity index (χ0) is 12.3. The number of carboxylic acid groups (broad SMARTS) is 1. The van der Waals surface area contributed by atoms with E-state index in [0.29, 0.717) is 12.2 Å². The van der Waals surface area contributed by atoms with Crippen LogP contribution in [0.25, 0.3) is 10.4 Å². The molecule has 1 aromatic heterocycles. The van der Waals surface area contributed by atoms with Crippen molar-refractivity contribution in [2.75, 3.05) is 0 Å². The summed E-state index contributed by atoms with van der Waals surface area (Å²) in [5.74, 6) is -0.907. The molecule has 2 rings (SSSR count). The first-order valence-corrected chi connectivity index (χ1v) is 6.13. The lowest BCUT2D eigenvalue weighted by Crippen LogP contribution is -1.92. The Labute approximate surface area is 108 Å². The van der Waals surface area contributed by atoms with Crippen molar-refractivity contribution in [2.45, 2.75) is 6.61 Å². The summed E-state index contributed by atoms with van der Waals surface area (Å²) in [7, 11) is 0. The molecule has 0 unspecified atom stereocenters. The largest absolute Gasteiger partial charge is 0.478 e. The van der Waals surface area contributed by atoms with Crippen molar-refractivity contribution >= 4 is 30.2 Å². The third-order valence-corrected chi connectivity index (χ3v) is 3.44. The first-order chi connectivity index (χ1) is 8.22. The predicted octanol–water partition coefficient (Wildman–Crippen LogP) is 3.47. The fraction of sp³-hybridized carbons (Fsp3) is 0.0833. The summed E-state index contributed by atoms with van der Waals surface area (Å²) in [6, 6.07) is 9.38. The number of thiol groups is 1. The average molecular weight is 266 g/mol. The molecule has 0 atom stereocenters. The molecule has 0 aliphatic rings. The fourth-order valence-electron chi connectivity index (χ4n) is 1.55. The van der Waals surface area contributed by atoms with Crippen molar-refractivity contribution < 1.29 is 14.1 Å². The van der Waals surface area contributed by atoms with Crippen LogP contribution in [0.1, 0.15) is 15.9 Å². The summed E-state index contributed by atoms with van der Waals surface area (Å²) >= 11 is 5.15. The van der Waals surface area contributed by atoms with Gasteiger partial charge in [-0.1, -0.05) is 24.3 Å². The van der Waals surface area contributed by atoms with Gasteiger partial charge < -0.3 is 9.29 Å². The Morgan fingerprint density at radius 2 is 2.18 bits per heavy atom. The smallest absolute Gasteiger partial charge is 0.336 e. The Morgan fingerprint density at radius 3 is 2.82 bits per heavy atom. The molecule has 3 nitrogen and oxygen atoms in total. The topological polar surface area (TPSA) is 46.5 Å². The van der Waals surface area contributed by atoms with E-state index in [9.17, 15) is 4.79 Å². The summed E-state index contributed by atoms with van der Waals surface area (Å²) in [5.41, 5.74) is 2.28. The van der Waals surface area contributed by atoms with Gasteiger partial charge in [-0.25, -0.2) is 4.79 Å². The Hall–Kier alpha value is -1.30. The van der Waals surface area contributed by atoms with Crippen LogP contribution in [0.3, 0.4) is 0 Å². The molecule has 0 saturated carbocycles. The van der Waals surface area contributed by atoms with Gasteiger partial charge in [-0.3, -0.25) is 0 Å². The minimum Gasteiger partial charge on any atom is -0.478 e. The molecule has 88 valence electrons. The van der Waals surface area contributed by atoms with Gasteiger partial charge in [0.25, 0.3) is 0 Å². The Kier molecular flexibility index (Phi) is 3.83. The van der Waals surface area contributed by atoms with E-state index in [1.54, 1.807) is 11.4 Å². The third-order valence-electron chi connectivity index (χ3n) is 2.35. The quantitative estimate of drug-likeness (QED) is 0.658. The second-order valence-electron chi connectivity index (χ2n) is 3.44. The molecule has 0 radical (unpaired) electrons. The number of carbonyl (C=O) groups is 1. The van der Waals surface area contributed by atoms with Gasteiger partial charge in [0.05, 0.1) is 12.2 Å². The van der Waals surface area contributed by atoms with E-state index in [0.717, 1.165) is 16.0 Å². The lowest BCUT2D eigenvalue weighted by Gasteiger charge is -2.05. The van der Waals surface area contributed by atoms with Gasteiger partial charge in [-0.05, 0) is 30.1 Å². The van der Waals surface area contributed by atoms with Crippen molar-refractivity contribution in [1.82, 2.24) is 0 Å². The second kappa shape index (κ2) is 5.35. The van der Waals surface area contributed by atoms with E-state index in [2.05, 4.69) is 12.9 Å². The number of hydrogen-bond acceptors (Lipinski definition) is 4. The van der Waals surface area contributed by atoms with Gasteiger partial charge in [0.15, 0.2) is 0 Å². The Morgan fingerprint density at radius 1 is 1.41 bits per heavy atom. The van der Waals surface area contributed by atoms with E-state index in [-0.39, 0.29) is 0 Å². The average Bonchev–Trinajstić information content (AvgIpc) is 2.79. The van der Waals surface area contributed by atoms with Crippen molar-refractivity contribution in [2.24, 2.45) is 0 Å². The highest BCUT2D eigenvalue weighted by Gasteiger charge is 2.10. The van der Waals surface area contributed by atoms with E-state index < -0.39 is 5.97 Å². The lowest BCUT2D eigenvalue weighted by atomic mass is 10.1. The second-order valence-corrected chi connectivity index (χ2v) is 4.60. The first-order valence-electron chi connectivity index (χ1n) is 4.89. The zero-order valence-corrected chi connectivity index (χ0v) is 10.5. The van der Waals surface area contributed by atoms with E-state index in [1.807, 2.05) is 24.3 Å². The SMILES string of the molecule is O=C(O)c1csc(-c2ccccc2COS)c1. The lowest BCUT2D eigenvalue weighted by molar-refractivity contribution is 0.0697. The molecule has 0 spiro atoms. The molecule has 0 aliphatic heterocycles. The maximum Gasteiger partial charge on any atom is 0.336 e. The van der Waals surface area contributed by atoms with Crippen LogP contribution in [-0.2, 0) is 10.8 Å². The summed E-state index contributed by atoms with van der Waals surface area (Å²) in [6.45, 7) is 0.388. The van der Waals surface area contributed by atoms with E-state index in [4.69, 9.17) is 9.29 Å². The molecule has 2 aromatic rings. The van der Waals surface area contributed by atoms with Crippen LogP contribution in [0.4, 0.5) is 0 Å². The molecule has 0 bridgehead atoms. The molecular weight excluding hydrogens is 256 g/mol. The van der Waals surface area contributed by atoms with E-state index in [1.165, 1.54) is 11.3 Å². The Balaban J connectivity index is 2.41. The summed E-state index contributed by atoms with van der Waals surface area (Å²) in [5, 5.41) is 10.5. The zero-order valence-electron chi connectivity index (χ0n) is 8.79. The summed E-state index contributed by atoms with van der Waals surface area (Å²) in [6.07, 6.45) is 0. The first kappa shape index (κ1) is 12.2. The minimum atomic E-state index is -0.907. The molecule has 1 N–H and O–H groups in total. The van der Waals surface area contributed by atoms with Crippen molar-refractivity contribution in [3.63, 3.8) is 0 Å². The van der Waals surface area contributed by atoms with Crippen LogP contribution in [-0.4, -0.2) is 11.1 Å². The number of hydrogen-bond donors (Lipinski definition) is 2.